The van der Waals surface area contributed by atoms with Crippen LogP contribution in [0.3, 0.4) is 0 Å². The van der Waals surface area contributed by atoms with Crippen molar-refractivity contribution in [3.8, 4) is 17.0 Å². The van der Waals surface area contributed by atoms with Crippen molar-refractivity contribution in [2.75, 3.05) is 5.32 Å². The summed E-state index contributed by atoms with van der Waals surface area (Å²) in [6, 6.07) is 15.0. The maximum absolute atomic E-state index is 12.5. The Morgan fingerprint density at radius 3 is 2.63 bits per heavy atom. The summed E-state index contributed by atoms with van der Waals surface area (Å²) < 4.78 is 7.37. The molecule has 0 unspecified atom stereocenters. The molecule has 0 fully saturated rings. The number of thiazole rings is 1. The third-order valence-electron chi connectivity index (χ3n) is 4.46. The van der Waals surface area contributed by atoms with Crippen LogP contribution in [0.5, 0.6) is 5.75 Å². The molecule has 0 aliphatic carbocycles. The third-order valence-corrected chi connectivity index (χ3v) is 5.22. The number of hydrogen-bond acceptors (Lipinski definition) is 7. The second-order valence-electron chi connectivity index (χ2n) is 6.58. The summed E-state index contributed by atoms with van der Waals surface area (Å²) >= 11 is 1.40. The van der Waals surface area contributed by atoms with Gasteiger partial charge in [0, 0.05) is 23.1 Å². The number of aryl methyl sites for hydroxylation is 2. The normalized spacial score (nSPS) is 10.7. The van der Waals surface area contributed by atoms with E-state index in [1.165, 1.54) is 16.9 Å². The lowest BCUT2D eigenvalue weighted by Crippen LogP contribution is -2.11. The van der Waals surface area contributed by atoms with E-state index < -0.39 is 0 Å². The van der Waals surface area contributed by atoms with E-state index in [0.717, 1.165) is 11.3 Å². The summed E-state index contributed by atoms with van der Waals surface area (Å²) in [6.07, 6.45) is 0. The second-order valence-corrected chi connectivity index (χ2v) is 7.44. The van der Waals surface area contributed by atoms with Crippen molar-refractivity contribution >= 4 is 22.4 Å². The van der Waals surface area contributed by atoms with E-state index in [4.69, 9.17) is 4.74 Å². The Hall–Kier alpha value is -3.59. The van der Waals surface area contributed by atoms with Gasteiger partial charge in [0.1, 0.15) is 12.4 Å². The highest BCUT2D eigenvalue weighted by atomic mass is 32.1. The minimum atomic E-state index is -0.221. The molecule has 2 aromatic carbocycles. The molecule has 0 aliphatic heterocycles. The van der Waals surface area contributed by atoms with E-state index in [1.54, 1.807) is 28.9 Å². The first-order valence-corrected chi connectivity index (χ1v) is 10.3. The predicted octanol–water partition coefficient (Wildman–Crippen LogP) is 3.96. The van der Waals surface area contributed by atoms with Crippen molar-refractivity contribution in [2.45, 2.75) is 27.0 Å². The summed E-state index contributed by atoms with van der Waals surface area (Å²) in [6.45, 7) is 4.93. The highest BCUT2D eigenvalue weighted by molar-refractivity contribution is 7.14. The summed E-state index contributed by atoms with van der Waals surface area (Å²) in [5, 5.41) is 16.8. The summed E-state index contributed by atoms with van der Waals surface area (Å²) in [4.78, 5) is 17.0. The Kier molecular flexibility index (Phi) is 5.80. The van der Waals surface area contributed by atoms with Crippen molar-refractivity contribution < 1.29 is 9.53 Å². The molecule has 4 aromatic rings. The monoisotopic (exact) mass is 420 g/mol. The van der Waals surface area contributed by atoms with Gasteiger partial charge in [-0.2, -0.15) is 0 Å². The van der Waals surface area contributed by atoms with Crippen LogP contribution in [-0.4, -0.2) is 31.1 Å². The maximum Gasteiger partial charge on any atom is 0.257 e. The Balaban J connectivity index is 1.36. The zero-order valence-corrected chi connectivity index (χ0v) is 17.4. The fraction of sp³-hybridized carbons (Fsp3) is 0.190. The molecule has 0 spiro atoms. The highest BCUT2D eigenvalue weighted by Crippen LogP contribution is 2.25. The first-order chi connectivity index (χ1) is 14.6. The summed E-state index contributed by atoms with van der Waals surface area (Å²) in [7, 11) is 0. The molecule has 1 N–H and O–H groups in total. The molecule has 30 heavy (non-hydrogen) atoms. The highest BCUT2D eigenvalue weighted by Gasteiger charge is 2.11. The van der Waals surface area contributed by atoms with E-state index in [2.05, 4.69) is 25.8 Å². The van der Waals surface area contributed by atoms with Gasteiger partial charge in [0.05, 0.1) is 5.69 Å². The second kappa shape index (κ2) is 8.83. The molecular formula is C21H20N6O2S. The van der Waals surface area contributed by atoms with Crippen LogP contribution in [0.2, 0.25) is 0 Å². The SMILES string of the molecule is CCn1nnnc1COc1ccc(C(=O)Nc2nc(-c3ccc(C)cc3)cs2)cc1. The fourth-order valence-corrected chi connectivity index (χ4v) is 3.49. The van der Waals surface area contributed by atoms with E-state index in [9.17, 15) is 4.79 Å². The average Bonchev–Trinajstić information content (AvgIpc) is 3.42. The van der Waals surface area contributed by atoms with Crippen LogP contribution in [0.25, 0.3) is 11.3 Å². The Morgan fingerprint density at radius 2 is 1.90 bits per heavy atom. The van der Waals surface area contributed by atoms with Gasteiger partial charge in [-0.1, -0.05) is 29.8 Å². The number of anilines is 1. The third kappa shape index (κ3) is 4.52. The van der Waals surface area contributed by atoms with Crippen LogP contribution < -0.4 is 10.1 Å². The number of ether oxygens (including phenoxy) is 1. The van der Waals surface area contributed by atoms with Crippen LogP contribution in [0.4, 0.5) is 5.13 Å². The van der Waals surface area contributed by atoms with Crippen molar-refractivity contribution in [3.63, 3.8) is 0 Å². The number of rotatable bonds is 7. The Labute approximate surface area is 177 Å². The predicted molar refractivity (Wildman–Crippen MR) is 115 cm³/mol. The van der Waals surface area contributed by atoms with E-state index >= 15 is 0 Å². The van der Waals surface area contributed by atoms with E-state index in [1.807, 2.05) is 43.5 Å². The van der Waals surface area contributed by atoms with E-state index in [0.29, 0.717) is 28.8 Å². The molecule has 4 rings (SSSR count). The molecule has 0 aliphatic rings. The lowest BCUT2D eigenvalue weighted by Gasteiger charge is -2.07. The number of amides is 1. The molecule has 0 bridgehead atoms. The van der Waals surface area contributed by atoms with Gasteiger partial charge in [-0.15, -0.1) is 16.4 Å². The van der Waals surface area contributed by atoms with Gasteiger partial charge >= 0.3 is 0 Å². The van der Waals surface area contributed by atoms with E-state index in [-0.39, 0.29) is 12.5 Å². The minimum Gasteiger partial charge on any atom is -0.486 e. The standard InChI is InChI=1S/C21H20N6O2S/c1-3-27-19(24-25-26-27)12-29-17-10-8-16(9-11-17)20(28)23-21-22-18(13-30-21)15-6-4-14(2)5-7-15/h4-11,13H,3,12H2,1-2H3,(H,22,23,28). The van der Waals surface area contributed by atoms with Gasteiger partial charge in [0.25, 0.3) is 5.91 Å². The van der Waals surface area contributed by atoms with Crippen LogP contribution >= 0.6 is 11.3 Å². The number of aromatic nitrogens is 5. The van der Waals surface area contributed by atoms with Crippen molar-refractivity contribution in [3.05, 3.63) is 70.9 Å². The number of nitrogens with one attached hydrogen (secondary N) is 1. The molecule has 1 amide bonds. The fourth-order valence-electron chi connectivity index (χ4n) is 2.78. The number of hydrogen-bond donors (Lipinski definition) is 1. The first-order valence-electron chi connectivity index (χ1n) is 9.44. The van der Waals surface area contributed by atoms with Crippen LogP contribution in [0, 0.1) is 6.92 Å². The largest absolute Gasteiger partial charge is 0.486 e. The molecule has 0 radical (unpaired) electrons. The molecule has 2 heterocycles. The van der Waals surface area contributed by atoms with Crippen molar-refractivity contribution in [1.29, 1.82) is 0 Å². The van der Waals surface area contributed by atoms with Crippen molar-refractivity contribution in [2.24, 2.45) is 0 Å². The number of carbonyl (C=O) groups is 1. The average molecular weight is 420 g/mol. The molecule has 0 saturated heterocycles. The number of carbonyl (C=O) groups excluding carboxylic acids is 1. The molecule has 2 aromatic heterocycles. The van der Waals surface area contributed by atoms with Gasteiger partial charge < -0.3 is 4.74 Å². The molecular weight excluding hydrogens is 400 g/mol. The van der Waals surface area contributed by atoms with Crippen molar-refractivity contribution in [1.82, 2.24) is 25.2 Å². The zero-order valence-electron chi connectivity index (χ0n) is 16.6. The van der Waals surface area contributed by atoms with Crippen LogP contribution in [0.1, 0.15) is 28.7 Å². The van der Waals surface area contributed by atoms with Crippen LogP contribution in [-0.2, 0) is 13.2 Å². The molecule has 9 heteroatoms. The van der Waals surface area contributed by atoms with Crippen LogP contribution in [0.15, 0.2) is 53.9 Å². The Morgan fingerprint density at radius 1 is 1.13 bits per heavy atom. The van der Waals surface area contributed by atoms with Gasteiger partial charge in [-0.3, -0.25) is 10.1 Å². The summed E-state index contributed by atoms with van der Waals surface area (Å²) in [5.74, 6) is 1.06. The van der Waals surface area contributed by atoms with Gasteiger partial charge in [0.15, 0.2) is 11.0 Å². The Bertz CT molecular complexity index is 1140. The summed E-state index contributed by atoms with van der Waals surface area (Å²) in [5.41, 5.74) is 3.58. The lowest BCUT2D eigenvalue weighted by atomic mass is 10.1. The molecule has 8 nitrogen and oxygen atoms in total. The van der Waals surface area contributed by atoms with Gasteiger partial charge in [-0.05, 0) is 48.5 Å². The first kappa shape index (κ1) is 19.7. The lowest BCUT2D eigenvalue weighted by molar-refractivity contribution is 0.102. The molecule has 152 valence electrons. The number of benzene rings is 2. The zero-order chi connectivity index (χ0) is 20.9. The number of nitrogens with zero attached hydrogens (tertiary/aromatic N) is 5. The number of tetrazole rings is 1. The quantitative estimate of drug-likeness (QED) is 0.486. The van der Waals surface area contributed by atoms with Gasteiger partial charge in [0.2, 0.25) is 0 Å². The molecule has 0 atom stereocenters. The maximum atomic E-state index is 12.5. The minimum absolute atomic E-state index is 0.221. The topological polar surface area (TPSA) is 94.8 Å². The smallest absolute Gasteiger partial charge is 0.257 e. The molecule has 0 saturated carbocycles. The van der Waals surface area contributed by atoms with Gasteiger partial charge in [-0.25, -0.2) is 9.67 Å².